The van der Waals surface area contributed by atoms with E-state index in [1.54, 1.807) is 12.1 Å². The van der Waals surface area contributed by atoms with Gasteiger partial charge >= 0.3 is 0 Å². The molecule has 0 radical (unpaired) electrons. The molecule has 0 amide bonds. The van der Waals surface area contributed by atoms with Gasteiger partial charge in [0.15, 0.2) is 5.69 Å². The van der Waals surface area contributed by atoms with E-state index in [0.717, 1.165) is 19.4 Å². The molecule has 17 heavy (non-hydrogen) atoms. The van der Waals surface area contributed by atoms with Crippen LogP contribution >= 0.6 is 0 Å². The molecule has 1 aromatic rings. The van der Waals surface area contributed by atoms with Gasteiger partial charge in [0.05, 0.1) is 5.69 Å². The predicted molar refractivity (Wildman–Crippen MR) is 67.3 cm³/mol. The smallest absolute Gasteiger partial charge is 0.165 e. The summed E-state index contributed by atoms with van der Waals surface area (Å²) >= 11 is 0. The number of rotatable bonds is 6. The zero-order valence-electron chi connectivity index (χ0n) is 9.98. The fourth-order valence-electron chi connectivity index (χ4n) is 1.42. The number of pyridine rings is 1. The van der Waals surface area contributed by atoms with Crippen molar-refractivity contribution in [2.24, 2.45) is 5.92 Å². The minimum absolute atomic E-state index is 0.221. The van der Waals surface area contributed by atoms with E-state index < -0.39 is 0 Å². The van der Waals surface area contributed by atoms with Gasteiger partial charge in [-0.05, 0) is 30.9 Å². The molecule has 1 rings (SSSR count). The number of nitrogens with zero attached hydrogens (tertiary/aromatic N) is 2. The van der Waals surface area contributed by atoms with Crippen molar-refractivity contribution in [3.05, 3.63) is 17.8 Å². The van der Waals surface area contributed by atoms with Crippen molar-refractivity contribution < 1.29 is 5.11 Å². The quantitative estimate of drug-likeness (QED) is 0.646. The average molecular weight is 234 g/mol. The van der Waals surface area contributed by atoms with Gasteiger partial charge in [-0.15, -0.1) is 0 Å². The molecular weight excluding hydrogens is 216 g/mol. The summed E-state index contributed by atoms with van der Waals surface area (Å²) in [5.41, 5.74) is 6.22. The van der Waals surface area contributed by atoms with Crippen LogP contribution < -0.4 is 11.1 Å². The number of nitriles is 1. The highest BCUT2D eigenvalue weighted by Gasteiger charge is 2.02. The van der Waals surface area contributed by atoms with Crippen LogP contribution in [0.4, 0.5) is 11.5 Å². The topological polar surface area (TPSA) is 95.0 Å². The van der Waals surface area contributed by atoms with Crippen LogP contribution in [0.3, 0.4) is 0 Å². The van der Waals surface area contributed by atoms with E-state index in [1.807, 2.05) is 13.0 Å². The van der Waals surface area contributed by atoms with Crippen LogP contribution in [0.1, 0.15) is 25.5 Å². The molecule has 5 heteroatoms. The fraction of sp³-hybridized carbons (Fsp3) is 0.500. The average Bonchev–Trinajstić information content (AvgIpc) is 2.36. The number of hydrogen-bond acceptors (Lipinski definition) is 5. The van der Waals surface area contributed by atoms with E-state index in [-0.39, 0.29) is 12.3 Å². The number of aliphatic hydroxyl groups is 1. The Bertz CT molecular complexity index is 400. The monoisotopic (exact) mass is 234 g/mol. The van der Waals surface area contributed by atoms with Gasteiger partial charge in [-0.1, -0.05) is 6.92 Å². The Morgan fingerprint density at radius 2 is 2.35 bits per heavy atom. The minimum atomic E-state index is 0.221. The zero-order valence-corrected chi connectivity index (χ0v) is 9.98. The molecule has 0 saturated carbocycles. The molecule has 1 aromatic heterocycles. The summed E-state index contributed by atoms with van der Waals surface area (Å²) < 4.78 is 0. The number of anilines is 2. The molecule has 0 aliphatic rings. The molecule has 0 aliphatic carbocycles. The second-order valence-electron chi connectivity index (χ2n) is 4.10. The Kier molecular flexibility index (Phi) is 5.24. The normalized spacial score (nSPS) is 11.8. The third-order valence-corrected chi connectivity index (χ3v) is 2.52. The first-order valence-electron chi connectivity index (χ1n) is 5.68. The Labute approximate surface area is 101 Å². The molecule has 0 aliphatic heterocycles. The predicted octanol–water partition coefficient (Wildman–Crippen LogP) is 1.36. The Morgan fingerprint density at radius 3 is 3.00 bits per heavy atom. The largest absolute Gasteiger partial charge is 0.396 e. The third kappa shape index (κ3) is 4.29. The van der Waals surface area contributed by atoms with Crippen LogP contribution in [-0.2, 0) is 0 Å². The molecule has 1 unspecified atom stereocenters. The molecule has 1 atom stereocenters. The van der Waals surface area contributed by atoms with Crippen LogP contribution in [0.25, 0.3) is 0 Å². The molecule has 4 N–H and O–H groups in total. The maximum Gasteiger partial charge on any atom is 0.165 e. The Hall–Kier alpha value is -1.80. The highest BCUT2D eigenvalue weighted by molar-refractivity contribution is 5.54. The lowest BCUT2D eigenvalue weighted by Crippen LogP contribution is -2.08. The number of nitrogens with two attached hydrogens (primary N) is 1. The highest BCUT2D eigenvalue weighted by Crippen LogP contribution is 2.12. The molecule has 0 fully saturated rings. The van der Waals surface area contributed by atoms with Crippen molar-refractivity contribution in [3.63, 3.8) is 0 Å². The van der Waals surface area contributed by atoms with E-state index in [2.05, 4.69) is 10.3 Å². The van der Waals surface area contributed by atoms with E-state index in [9.17, 15) is 0 Å². The second kappa shape index (κ2) is 6.71. The maximum atomic E-state index is 8.87. The number of nitrogens with one attached hydrogen (secondary N) is 1. The molecule has 0 aromatic carbocycles. The lowest BCUT2D eigenvalue weighted by atomic mass is 10.1. The van der Waals surface area contributed by atoms with Gasteiger partial charge in [0.25, 0.3) is 0 Å². The molecule has 5 nitrogen and oxygen atoms in total. The second-order valence-corrected chi connectivity index (χ2v) is 4.10. The molecular formula is C12H18N4O. The van der Waals surface area contributed by atoms with E-state index >= 15 is 0 Å². The number of aliphatic hydroxyl groups excluding tert-OH is 1. The lowest BCUT2D eigenvalue weighted by molar-refractivity contribution is 0.229. The van der Waals surface area contributed by atoms with Crippen molar-refractivity contribution in [3.8, 4) is 6.07 Å². The van der Waals surface area contributed by atoms with Gasteiger partial charge in [0, 0.05) is 13.2 Å². The fourth-order valence-corrected chi connectivity index (χ4v) is 1.42. The van der Waals surface area contributed by atoms with Gasteiger partial charge < -0.3 is 16.2 Å². The summed E-state index contributed by atoms with van der Waals surface area (Å²) in [5.74, 6) is 0.984. The number of aromatic nitrogens is 1. The van der Waals surface area contributed by atoms with Crippen molar-refractivity contribution in [1.82, 2.24) is 4.98 Å². The number of nitrogen functional groups attached to an aromatic ring is 1. The Balaban J connectivity index is 2.40. The van der Waals surface area contributed by atoms with Gasteiger partial charge in [0.2, 0.25) is 0 Å². The highest BCUT2D eigenvalue weighted by atomic mass is 16.3. The number of hydrogen-bond donors (Lipinski definition) is 3. The maximum absolute atomic E-state index is 8.87. The van der Waals surface area contributed by atoms with Gasteiger partial charge in [-0.25, -0.2) is 4.98 Å². The first-order valence-corrected chi connectivity index (χ1v) is 5.68. The van der Waals surface area contributed by atoms with Gasteiger partial charge in [-0.3, -0.25) is 0 Å². The summed E-state index contributed by atoms with van der Waals surface area (Å²) in [6.45, 7) is 3.00. The molecule has 1 heterocycles. The van der Waals surface area contributed by atoms with Gasteiger partial charge in [-0.2, -0.15) is 5.26 Å². The first-order chi connectivity index (χ1) is 8.17. The van der Waals surface area contributed by atoms with Crippen LogP contribution in [-0.4, -0.2) is 23.2 Å². The molecule has 0 spiro atoms. The summed E-state index contributed by atoms with van der Waals surface area (Å²) in [6, 6.07) is 5.37. The zero-order chi connectivity index (χ0) is 12.7. The van der Waals surface area contributed by atoms with E-state index in [1.165, 1.54) is 0 Å². The lowest BCUT2D eigenvalue weighted by Gasteiger charge is -2.09. The summed E-state index contributed by atoms with van der Waals surface area (Å²) in [6.07, 6.45) is 1.92. The summed E-state index contributed by atoms with van der Waals surface area (Å²) in [4.78, 5) is 4.08. The SMILES string of the molecule is CC(CO)CCCNc1ccc(N)c(C#N)n1. The van der Waals surface area contributed by atoms with E-state index in [4.69, 9.17) is 16.1 Å². The standard InChI is InChI=1S/C12H18N4O/c1-9(8-17)3-2-6-15-12-5-4-10(14)11(7-13)16-12/h4-5,9,17H,2-3,6,8,14H2,1H3,(H,15,16). The van der Waals surface area contributed by atoms with Crippen molar-refractivity contribution >= 4 is 11.5 Å². The van der Waals surface area contributed by atoms with E-state index in [0.29, 0.717) is 17.4 Å². The molecule has 0 saturated heterocycles. The molecule has 0 bridgehead atoms. The first kappa shape index (κ1) is 13.3. The third-order valence-electron chi connectivity index (χ3n) is 2.52. The van der Waals surface area contributed by atoms with Gasteiger partial charge in [0.1, 0.15) is 11.9 Å². The van der Waals surface area contributed by atoms with Crippen LogP contribution in [0.15, 0.2) is 12.1 Å². The van der Waals surface area contributed by atoms with Crippen molar-refractivity contribution in [2.75, 3.05) is 24.2 Å². The minimum Gasteiger partial charge on any atom is -0.396 e. The summed E-state index contributed by atoms with van der Waals surface area (Å²) in [5, 5.41) is 20.8. The molecule has 92 valence electrons. The summed E-state index contributed by atoms with van der Waals surface area (Å²) in [7, 11) is 0. The van der Waals surface area contributed by atoms with Crippen LogP contribution in [0.2, 0.25) is 0 Å². The van der Waals surface area contributed by atoms with Crippen molar-refractivity contribution in [2.45, 2.75) is 19.8 Å². The van der Waals surface area contributed by atoms with Crippen LogP contribution in [0, 0.1) is 17.2 Å². The Morgan fingerprint density at radius 1 is 1.59 bits per heavy atom. The van der Waals surface area contributed by atoms with Crippen molar-refractivity contribution in [1.29, 1.82) is 5.26 Å². The van der Waals surface area contributed by atoms with Crippen LogP contribution in [0.5, 0.6) is 0 Å².